The second-order valence-corrected chi connectivity index (χ2v) is 30.6. The van der Waals surface area contributed by atoms with Crippen molar-refractivity contribution >= 4 is 116 Å². The van der Waals surface area contributed by atoms with Crippen LogP contribution in [0.2, 0.25) is 10.2 Å². The summed E-state index contributed by atoms with van der Waals surface area (Å²) >= 11 is 11.8. The van der Waals surface area contributed by atoms with Crippen molar-refractivity contribution in [3.8, 4) is 35.5 Å². The van der Waals surface area contributed by atoms with E-state index in [1.807, 2.05) is 185 Å². The number of nitrogens with one attached hydrogen (secondary N) is 4. The highest BCUT2D eigenvalue weighted by Gasteiger charge is 2.22. The molecule has 18 rings (SSSR count). The Morgan fingerprint density at radius 1 is 0.341 bits per heavy atom. The standard InChI is InChI=1S/C26H25N5O2.C25H23ClN6O2.C22H25N7O2.C21H22ClN7O2/c1-19-5-4-6-20(15-19)18-27-30-24-17-25(31-11-13-32-14-12-31)29-26(28-24)33-23-10-9-21-7-2-3-8-22(21)16-23;1-17-3-2-4-18(13-17)16-27-31-23-15-24(32-9-11-33-12-10-32)30-25(29-23)34-20-6-7-21-19(14-20)5-8-22(26)28-21;1-16-4-3-5-18(12-16)14-24-28-19-13-21(29-8-10-30-11-9-29)27-22(26-19)31-15-20-23-7-6-17(2)25-20;1-15-3-2-4-16(9-15)11-25-28-18-10-20(29-5-7-30-8-6-29)27-21(26-18)31-14-19-23-12-17(22)13-24-19/h2-10,15-18H,11-14H2,1H3,(H,28,29,30);2-8,13-16H,9-12H2,1H3,(H,29,30,31);3-7,12-14H,8-11,15H2,1-2H3,(H,26,27,28);2-4,9-13H,5-8,14H2,1H3,(H,26,27,28)/b27-18+;27-16+;24-14+;25-11+. The average Bonchev–Trinajstić information content (AvgIpc) is 0.912. The molecule has 4 fully saturated rings. The largest absolute Gasteiger partial charge is 0.455 e. The van der Waals surface area contributed by atoms with E-state index < -0.39 is 0 Å². The number of fused-ring (bicyclic) bond motifs is 2. The highest BCUT2D eigenvalue weighted by molar-refractivity contribution is 6.30. The van der Waals surface area contributed by atoms with Crippen molar-refractivity contribution in [2.45, 2.75) is 47.8 Å². The van der Waals surface area contributed by atoms with Crippen molar-refractivity contribution in [1.29, 1.82) is 0 Å². The fourth-order valence-electron chi connectivity index (χ4n) is 13.4. The summed E-state index contributed by atoms with van der Waals surface area (Å²) in [7, 11) is 0. The van der Waals surface area contributed by atoms with Crippen LogP contribution < -0.4 is 60.3 Å². The Morgan fingerprint density at radius 3 is 1.11 bits per heavy atom. The molecule has 0 amide bonds. The summed E-state index contributed by atoms with van der Waals surface area (Å²) in [6, 6.07) is 65.9. The molecule has 7 aromatic carbocycles. The predicted octanol–water partition coefficient (Wildman–Crippen LogP) is 15.9. The number of nitrogens with zero attached hydrogens (tertiary/aromatic N) is 21. The van der Waals surface area contributed by atoms with Gasteiger partial charge in [-0.25, -0.2) is 24.9 Å². The molecule has 33 nitrogen and oxygen atoms in total. The highest BCUT2D eigenvalue weighted by atomic mass is 35.5. The molecular weight excluding hydrogens is 1680 g/mol. The molecule has 11 heterocycles. The zero-order valence-corrected chi connectivity index (χ0v) is 73.2. The summed E-state index contributed by atoms with van der Waals surface area (Å²) in [5, 5.41) is 21.4. The van der Waals surface area contributed by atoms with Crippen LogP contribution in [0.4, 0.5) is 46.5 Å². The number of hydrogen-bond acceptors (Lipinski definition) is 33. The van der Waals surface area contributed by atoms with Crippen LogP contribution in [0, 0.1) is 34.6 Å². The van der Waals surface area contributed by atoms with E-state index >= 15 is 0 Å². The van der Waals surface area contributed by atoms with Gasteiger partial charge in [-0.05, 0) is 116 Å². The summed E-state index contributed by atoms with van der Waals surface area (Å²) in [5.41, 5.74) is 22.4. The quantitative estimate of drug-likeness (QED) is 0.0222. The van der Waals surface area contributed by atoms with Crippen molar-refractivity contribution in [2.24, 2.45) is 20.4 Å². The molecule has 0 spiro atoms. The molecule has 4 saturated heterocycles. The van der Waals surface area contributed by atoms with E-state index in [0.717, 1.165) is 125 Å². The van der Waals surface area contributed by atoms with Gasteiger partial charge >= 0.3 is 24.0 Å². The number of aromatic nitrogens is 13. The number of aryl methyl sites for hydroxylation is 5. The Labute approximate surface area is 755 Å². The first-order valence-electron chi connectivity index (χ1n) is 41.9. The molecule has 35 heteroatoms. The number of rotatable bonds is 26. The molecule has 0 atom stereocenters. The van der Waals surface area contributed by atoms with Gasteiger partial charge < -0.3 is 57.5 Å². The lowest BCUT2D eigenvalue weighted by atomic mass is 10.1. The van der Waals surface area contributed by atoms with E-state index in [9.17, 15) is 0 Å². The van der Waals surface area contributed by atoms with Crippen LogP contribution in [0.25, 0.3) is 21.7 Å². The molecule has 4 aliphatic rings. The van der Waals surface area contributed by atoms with Crippen LogP contribution in [0.5, 0.6) is 35.5 Å². The maximum atomic E-state index is 6.07. The monoisotopic (exact) mass is 1770 g/mol. The Morgan fingerprint density at radius 2 is 0.705 bits per heavy atom. The fraction of sp³-hybridized carbons (Fsp3) is 0.245. The summed E-state index contributed by atoms with van der Waals surface area (Å²) in [5.74, 6) is 7.51. The van der Waals surface area contributed by atoms with E-state index in [1.165, 1.54) is 34.6 Å². The van der Waals surface area contributed by atoms with Gasteiger partial charge in [0.2, 0.25) is 0 Å². The molecular formula is C94H95Cl2N25O8. The maximum absolute atomic E-state index is 6.07. The van der Waals surface area contributed by atoms with Crippen molar-refractivity contribution < 1.29 is 37.9 Å². The number of hydrazone groups is 4. The Hall–Kier alpha value is -14.6. The summed E-state index contributed by atoms with van der Waals surface area (Å²) in [4.78, 5) is 66.0. The van der Waals surface area contributed by atoms with Crippen molar-refractivity contribution in [3.05, 3.63) is 291 Å². The van der Waals surface area contributed by atoms with Gasteiger partial charge in [-0.2, -0.15) is 60.3 Å². The minimum atomic E-state index is 0.121. The van der Waals surface area contributed by atoms with Crippen molar-refractivity contribution in [1.82, 2.24) is 64.8 Å². The van der Waals surface area contributed by atoms with Crippen molar-refractivity contribution in [3.63, 3.8) is 0 Å². The van der Waals surface area contributed by atoms with Gasteiger partial charge in [-0.15, -0.1) is 0 Å². The normalized spacial score (nSPS) is 14.0. The number of morpholine rings is 4. The molecule has 658 valence electrons. The lowest BCUT2D eigenvalue weighted by molar-refractivity contribution is 0.122. The molecule has 4 aliphatic heterocycles. The number of benzene rings is 7. The number of anilines is 8. The zero-order valence-electron chi connectivity index (χ0n) is 71.7. The topological polar surface area (TPSA) is 352 Å². The average molecular weight is 1770 g/mol. The molecule has 0 bridgehead atoms. The molecule has 0 saturated carbocycles. The van der Waals surface area contributed by atoms with Crippen LogP contribution in [0.3, 0.4) is 0 Å². The van der Waals surface area contributed by atoms with Crippen molar-refractivity contribution in [2.75, 3.05) is 147 Å². The number of pyridine rings is 1. The minimum absolute atomic E-state index is 0.121. The minimum Gasteiger partial charge on any atom is -0.455 e. The smallest absolute Gasteiger partial charge is 0.325 e. The third-order valence-electron chi connectivity index (χ3n) is 19.8. The molecule has 129 heavy (non-hydrogen) atoms. The number of hydrogen-bond donors (Lipinski definition) is 4. The SMILES string of the molecule is Cc1cccc(/C=N/Nc2cc(N3CCOCC3)nc(OCc3ncc(Cl)cn3)n2)c1.Cc1cccc(/C=N/Nc2cc(N3CCOCC3)nc(OCc3nccc(C)n3)n2)c1.Cc1cccc(/C=N/Nc2cc(N3CCOCC3)nc(Oc3ccc4ccccc4c3)n2)c1.Cc1cccc(/C=N/Nc2cc(N3CCOCC3)nc(Oc3ccc4nc(Cl)ccc4c3)n2)c1. The fourth-order valence-corrected chi connectivity index (χ4v) is 13.7. The van der Waals surface area contributed by atoms with E-state index in [4.69, 9.17) is 61.1 Å². The molecule has 7 aromatic heterocycles. The van der Waals surface area contributed by atoms with Gasteiger partial charge in [0.05, 0.1) is 88.3 Å². The zero-order chi connectivity index (χ0) is 88.7. The highest BCUT2D eigenvalue weighted by Crippen LogP contribution is 2.32. The van der Waals surface area contributed by atoms with Gasteiger partial charge in [0.1, 0.15) is 39.9 Å². The second kappa shape index (κ2) is 45.5. The maximum Gasteiger partial charge on any atom is 0.325 e. The van der Waals surface area contributed by atoms with Crippen LogP contribution >= 0.6 is 23.2 Å². The van der Waals surface area contributed by atoms with E-state index in [1.54, 1.807) is 37.1 Å². The first kappa shape index (κ1) is 89.2. The Bertz CT molecular complexity index is 6200. The second-order valence-electron chi connectivity index (χ2n) is 29.8. The lowest BCUT2D eigenvalue weighted by Crippen LogP contribution is -2.36. The summed E-state index contributed by atoms with van der Waals surface area (Å²) in [6.45, 7) is 21.6. The third kappa shape index (κ3) is 27.7. The lowest BCUT2D eigenvalue weighted by Gasteiger charge is -2.28. The van der Waals surface area contributed by atoms with Gasteiger partial charge in [0.25, 0.3) is 0 Å². The Kier molecular flexibility index (Phi) is 31.5. The molecule has 0 radical (unpaired) electrons. The van der Waals surface area contributed by atoms with Gasteiger partial charge in [-0.1, -0.05) is 173 Å². The van der Waals surface area contributed by atoms with Gasteiger partial charge in [0, 0.05) is 106 Å². The summed E-state index contributed by atoms with van der Waals surface area (Å²) in [6.07, 6.45) is 11.8. The van der Waals surface area contributed by atoms with E-state index in [0.29, 0.717) is 109 Å². The van der Waals surface area contributed by atoms with Crippen LogP contribution in [-0.2, 0) is 32.2 Å². The number of halogens is 2. The van der Waals surface area contributed by atoms with Crippen LogP contribution in [-0.4, -0.2) is 195 Å². The molecule has 0 aliphatic carbocycles. The molecule has 14 aromatic rings. The predicted molar refractivity (Wildman–Crippen MR) is 503 cm³/mol. The third-order valence-corrected chi connectivity index (χ3v) is 20.2. The van der Waals surface area contributed by atoms with Crippen LogP contribution in [0.1, 0.15) is 61.9 Å². The van der Waals surface area contributed by atoms with Crippen LogP contribution in [0.15, 0.2) is 239 Å². The summed E-state index contributed by atoms with van der Waals surface area (Å²) < 4.78 is 45.5. The number of ether oxygens (including phenoxy) is 8. The van der Waals surface area contributed by atoms with E-state index in [2.05, 4.69) is 170 Å². The first-order chi connectivity index (χ1) is 63.2. The molecule has 4 N–H and O–H groups in total. The Balaban J connectivity index is 0.000000132. The van der Waals surface area contributed by atoms with Gasteiger partial charge in [-0.3, -0.25) is 21.7 Å². The van der Waals surface area contributed by atoms with E-state index in [-0.39, 0.29) is 37.3 Å². The van der Waals surface area contributed by atoms with Gasteiger partial charge in [0.15, 0.2) is 48.1 Å². The molecule has 0 unspecified atom stereocenters. The first-order valence-corrected chi connectivity index (χ1v) is 42.6.